The summed E-state index contributed by atoms with van der Waals surface area (Å²) < 4.78 is 0. The van der Waals surface area contributed by atoms with Crippen LogP contribution in [0.3, 0.4) is 0 Å². The van der Waals surface area contributed by atoms with E-state index in [1.54, 1.807) is 0 Å². The van der Waals surface area contributed by atoms with Crippen molar-refractivity contribution in [1.82, 2.24) is 0 Å². The minimum absolute atomic E-state index is 0.0687. The molecule has 0 heterocycles. The Balaban J connectivity index is 4.13. The molecule has 0 radical (unpaired) electrons. The van der Waals surface area contributed by atoms with Gasteiger partial charge < -0.3 is 0 Å². The van der Waals surface area contributed by atoms with Gasteiger partial charge in [-0.05, 0) is 0 Å². The maximum absolute atomic E-state index is 9.61. The monoisotopic (exact) mass is 239 g/mol. The van der Waals surface area contributed by atoms with E-state index in [1.165, 1.54) is 15.0 Å². The minimum atomic E-state index is -1.32. The quantitative estimate of drug-likeness (QED) is 0.700. The summed E-state index contributed by atoms with van der Waals surface area (Å²) in [6.07, 6.45) is -0.538. The van der Waals surface area contributed by atoms with Crippen LogP contribution < -0.4 is 0 Å². The van der Waals surface area contributed by atoms with Crippen LogP contribution in [0.25, 0.3) is 0 Å². The number of aliphatic hydroxyl groups is 2. The van der Waals surface area contributed by atoms with Crippen LogP contribution in [0.15, 0.2) is 0 Å². The van der Waals surface area contributed by atoms with Crippen molar-refractivity contribution in [2.24, 2.45) is 5.41 Å². The van der Waals surface area contributed by atoms with E-state index >= 15 is 0 Å². The maximum atomic E-state index is 9.61. The van der Waals surface area contributed by atoms with Crippen LogP contribution in [0.2, 0.25) is 15.0 Å². The molecular formula is C10H23O2Zn. The van der Waals surface area contributed by atoms with Crippen molar-refractivity contribution in [2.45, 2.75) is 48.8 Å². The second-order valence-corrected chi connectivity index (χ2v) is 14.7. The van der Waals surface area contributed by atoms with Crippen molar-refractivity contribution < 1.29 is 26.2 Å². The normalized spacial score (nSPS) is 14.3. The standard InChI is InChI=1S/C6H13O2.2C2H5.Zn/c1-6(2,3)5(8)4-7;2*1-2;/h5,7-8H,1,4H2,2-3H3;2*1H2,2H3;/t5-;;;/m0.../s1. The third kappa shape index (κ3) is 4.53. The van der Waals surface area contributed by atoms with Crippen molar-refractivity contribution in [2.75, 3.05) is 6.61 Å². The molecule has 1 atom stereocenters. The third-order valence-corrected chi connectivity index (χ3v) is 13.6. The second kappa shape index (κ2) is 6.11. The predicted molar refractivity (Wildman–Crippen MR) is 52.6 cm³/mol. The zero-order valence-electron chi connectivity index (χ0n) is 9.51. The molecule has 13 heavy (non-hydrogen) atoms. The molecule has 0 unspecified atom stereocenters. The first-order valence-corrected chi connectivity index (χ1v) is 11.8. The van der Waals surface area contributed by atoms with E-state index in [9.17, 15) is 5.11 Å². The molecule has 0 aliphatic heterocycles. The van der Waals surface area contributed by atoms with Gasteiger partial charge >= 0.3 is 87.0 Å². The second-order valence-electron chi connectivity index (χ2n) is 5.00. The van der Waals surface area contributed by atoms with Gasteiger partial charge in [0.05, 0.1) is 0 Å². The van der Waals surface area contributed by atoms with E-state index < -0.39 is 22.1 Å². The summed E-state index contributed by atoms with van der Waals surface area (Å²) in [6.45, 7) is 8.58. The van der Waals surface area contributed by atoms with Gasteiger partial charge in [-0.1, -0.05) is 0 Å². The Bertz CT molecular complexity index is 133. The average Bonchev–Trinajstić information content (AvgIpc) is 2.12. The molecule has 0 spiro atoms. The Morgan fingerprint density at radius 1 is 1.23 bits per heavy atom. The zero-order valence-corrected chi connectivity index (χ0v) is 12.5. The molecule has 2 nitrogen and oxygen atoms in total. The van der Waals surface area contributed by atoms with Gasteiger partial charge in [-0.2, -0.15) is 0 Å². The van der Waals surface area contributed by atoms with E-state index in [4.69, 9.17) is 5.11 Å². The molecule has 77 valence electrons. The summed E-state index contributed by atoms with van der Waals surface area (Å²) in [5, 5.41) is 22.4. The van der Waals surface area contributed by atoms with Gasteiger partial charge in [0.25, 0.3) is 0 Å². The fraction of sp³-hybridized carbons (Fsp3) is 1.00. The first-order valence-electron chi connectivity index (χ1n) is 5.54. The van der Waals surface area contributed by atoms with Gasteiger partial charge in [-0.3, -0.25) is 0 Å². The van der Waals surface area contributed by atoms with E-state index in [-0.39, 0.29) is 12.0 Å². The fourth-order valence-corrected chi connectivity index (χ4v) is 9.52. The summed E-state index contributed by atoms with van der Waals surface area (Å²) >= 11 is -1.32. The topological polar surface area (TPSA) is 40.5 Å². The van der Waals surface area contributed by atoms with Gasteiger partial charge in [0.2, 0.25) is 0 Å². The number of rotatable bonds is 6. The van der Waals surface area contributed by atoms with Gasteiger partial charge in [-0.25, -0.2) is 0 Å². The van der Waals surface area contributed by atoms with Crippen molar-refractivity contribution in [3.63, 3.8) is 0 Å². The molecule has 2 N–H and O–H groups in total. The molecule has 3 heteroatoms. The molecule has 0 aliphatic carbocycles. The molecule has 0 aromatic carbocycles. The Hall–Kier alpha value is 0.543. The summed E-state index contributed by atoms with van der Waals surface area (Å²) in [4.78, 5) is 0. The van der Waals surface area contributed by atoms with Crippen LogP contribution in [0.5, 0.6) is 0 Å². The molecule has 0 saturated heterocycles. The summed E-state index contributed by atoms with van der Waals surface area (Å²) in [5.74, 6) is 0. The van der Waals surface area contributed by atoms with E-state index in [2.05, 4.69) is 27.7 Å². The first kappa shape index (κ1) is 13.5. The first-order chi connectivity index (χ1) is 5.97. The van der Waals surface area contributed by atoms with Crippen molar-refractivity contribution in [3.8, 4) is 0 Å². The summed E-state index contributed by atoms with van der Waals surface area (Å²) in [5.41, 5.74) is -0.0687. The molecule has 0 aliphatic rings. The Morgan fingerprint density at radius 2 is 1.69 bits per heavy atom. The Kier molecular flexibility index (Phi) is 6.36. The van der Waals surface area contributed by atoms with Crippen LogP contribution in [-0.2, 0) is 16.0 Å². The molecule has 0 fully saturated rings. The zero-order chi connectivity index (χ0) is 10.5. The van der Waals surface area contributed by atoms with Crippen molar-refractivity contribution in [1.29, 1.82) is 0 Å². The predicted octanol–water partition coefficient (Wildman–Crippen LogP) is 2.28. The van der Waals surface area contributed by atoms with Gasteiger partial charge in [0.1, 0.15) is 0 Å². The van der Waals surface area contributed by atoms with E-state index in [0.717, 1.165) is 0 Å². The molecule has 0 saturated carbocycles. The SMILES string of the molecule is C[CH2][Zn]([CH2]C)[CH2]C(C)(C)[C@@H](O)CO. The summed E-state index contributed by atoms with van der Waals surface area (Å²) in [7, 11) is 0. The van der Waals surface area contributed by atoms with Crippen LogP contribution in [-0.4, -0.2) is 22.9 Å². The molecule has 0 amide bonds. The van der Waals surface area contributed by atoms with E-state index in [1.807, 2.05) is 0 Å². The number of hydrogen-bond acceptors (Lipinski definition) is 2. The van der Waals surface area contributed by atoms with Gasteiger partial charge in [0, 0.05) is 0 Å². The van der Waals surface area contributed by atoms with Crippen LogP contribution in [0, 0.1) is 5.41 Å². The third-order valence-electron chi connectivity index (χ3n) is 3.49. The van der Waals surface area contributed by atoms with Crippen LogP contribution in [0.4, 0.5) is 0 Å². The summed E-state index contributed by atoms with van der Waals surface area (Å²) in [6, 6.07) is 0. The van der Waals surface area contributed by atoms with Crippen molar-refractivity contribution >= 4 is 0 Å². The van der Waals surface area contributed by atoms with E-state index in [0.29, 0.717) is 0 Å². The Labute approximate surface area is 87.3 Å². The van der Waals surface area contributed by atoms with Crippen molar-refractivity contribution in [3.05, 3.63) is 0 Å². The van der Waals surface area contributed by atoms with Crippen LogP contribution >= 0.6 is 0 Å². The molecule has 0 aromatic rings. The number of hydrogen-bond donors (Lipinski definition) is 2. The van der Waals surface area contributed by atoms with Gasteiger partial charge in [0.15, 0.2) is 0 Å². The Morgan fingerprint density at radius 3 is 2.00 bits per heavy atom. The average molecular weight is 241 g/mol. The fourth-order valence-electron chi connectivity index (χ4n) is 2.03. The van der Waals surface area contributed by atoms with Gasteiger partial charge in [-0.15, -0.1) is 0 Å². The molecule has 0 bridgehead atoms. The van der Waals surface area contributed by atoms with Crippen LogP contribution in [0.1, 0.15) is 27.7 Å². The molecular weight excluding hydrogens is 217 g/mol. The molecule has 0 aromatic heterocycles. The number of aliphatic hydroxyl groups excluding tert-OH is 2. The molecule has 0 rings (SSSR count).